The van der Waals surface area contributed by atoms with Crippen LogP contribution in [0.1, 0.15) is 18.2 Å². The van der Waals surface area contributed by atoms with Crippen molar-refractivity contribution in [3.63, 3.8) is 0 Å². The van der Waals surface area contributed by atoms with Crippen molar-refractivity contribution in [2.75, 3.05) is 11.9 Å². The molecule has 1 aromatic carbocycles. The van der Waals surface area contributed by atoms with Crippen molar-refractivity contribution < 1.29 is 9.50 Å². The van der Waals surface area contributed by atoms with Crippen molar-refractivity contribution in [3.8, 4) is 5.75 Å². The average molecular weight is 167 g/mol. The molecule has 0 saturated carbocycles. The van der Waals surface area contributed by atoms with Gasteiger partial charge in [0, 0.05) is 24.2 Å². The van der Waals surface area contributed by atoms with Gasteiger partial charge in [0.1, 0.15) is 11.9 Å². The van der Waals surface area contributed by atoms with Gasteiger partial charge in [0.05, 0.1) is 0 Å². The summed E-state index contributed by atoms with van der Waals surface area (Å²) in [4.78, 5) is 0. The highest BCUT2D eigenvalue weighted by atomic mass is 19.1. The van der Waals surface area contributed by atoms with Crippen LogP contribution in [0, 0.1) is 0 Å². The van der Waals surface area contributed by atoms with Gasteiger partial charge in [0.2, 0.25) is 0 Å². The van der Waals surface area contributed by atoms with Crippen LogP contribution in [0.2, 0.25) is 0 Å². The van der Waals surface area contributed by atoms with Crippen LogP contribution in [0.3, 0.4) is 0 Å². The second-order valence-corrected chi connectivity index (χ2v) is 2.95. The lowest BCUT2D eigenvalue weighted by Crippen LogP contribution is -2.13. The second-order valence-electron chi connectivity index (χ2n) is 2.95. The van der Waals surface area contributed by atoms with Gasteiger partial charge in [-0.25, -0.2) is 4.39 Å². The summed E-state index contributed by atoms with van der Waals surface area (Å²) in [6, 6.07) is 4.74. The minimum absolute atomic E-state index is 0.125. The molecule has 3 heteroatoms. The first kappa shape index (κ1) is 7.40. The van der Waals surface area contributed by atoms with Crippen LogP contribution in [0.15, 0.2) is 18.2 Å². The first-order chi connectivity index (χ1) is 5.77. The summed E-state index contributed by atoms with van der Waals surface area (Å²) >= 11 is 0. The van der Waals surface area contributed by atoms with E-state index in [2.05, 4.69) is 5.32 Å². The molecule has 1 heterocycles. The highest BCUT2D eigenvalue weighted by molar-refractivity contribution is 5.56. The molecule has 0 fully saturated rings. The number of halogens is 1. The van der Waals surface area contributed by atoms with Gasteiger partial charge in [-0.1, -0.05) is 0 Å². The molecule has 0 aromatic heterocycles. The predicted molar refractivity (Wildman–Crippen MR) is 45.1 cm³/mol. The van der Waals surface area contributed by atoms with E-state index in [-0.39, 0.29) is 5.75 Å². The summed E-state index contributed by atoms with van der Waals surface area (Å²) < 4.78 is 13.2. The number of alkyl halides is 1. The number of phenolic OH excluding ortho intramolecular Hbond substituents is 1. The van der Waals surface area contributed by atoms with Crippen LogP contribution in [0.5, 0.6) is 5.75 Å². The van der Waals surface area contributed by atoms with E-state index in [1.54, 1.807) is 12.1 Å². The number of nitrogens with one attached hydrogen (secondary N) is 1. The van der Waals surface area contributed by atoms with Gasteiger partial charge in [-0.3, -0.25) is 0 Å². The Bertz CT molecular complexity index is 301. The summed E-state index contributed by atoms with van der Waals surface area (Å²) in [5.41, 5.74) is 1.37. The van der Waals surface area contributed by atoms with Crippen molar-refractivity contribution in [1.82, 2.24) is 0 Å². The van der Waals surface area contributed by atoms with Crippen LogP contribution in [0.4, 0.5) is 10.1 Å². The molecule has 1 aliphatic heterocycles. The lowest BCUT2D eigenvalue weighted by molar-refractivity contribution is 0.323. The number of hydrogen-bond donors (Lipinski definition) is 2. The molecule has 0 saturated heterocycles. The maximum Gasteiger partial charge on any atom is 0.129 e. The number of anilines is 1. The predicted octanol–water partition coefficient (Wildman–Crippen LogP) is 2.22. The van der Waals surface area contributed by atoms with E-state index in [0.29, 0.717) is 18.5 Å². The second kappa shape index (κ2) is 2.66. The zero-order valence-electron chi connectivity index (χ0n) is 6.55. The third-order valence-electron chi connectivity index (χ3n) is 2.09. The Labute approximate surface area is 70.0 Å². The van der Waals surface area contributed by atoms with E-state index < -0.39 is 6.17 Å². The standard InChI is InChI=1S/C9H10FNO/c10-8-3-4-11-9-2-1-6(12)5-7(8)9/h1-2,5,8,11-12H,3-4H2. The molecule has 0 spiro atoms. The fourth-order valence-corrected chi connectivity index (χ4v) is 1.46. The van der Waals surface area contributed by atoms with Crippen molar-refractivity contribution in [3.05, 3.63) is 23.8 Å². The van der Waals surface area contributed by atoms with E-state index in [1.165, 1.54) is 6.07 Å². The Morgan fingerprint density at radius 2 is 2.33 bits per heavy atom. The molecule has 12 heavy (non-hydrogen) atoms. The molecular formula is C9H10FNO. The van der Waals surface area contributed by atoms with E-state index in [0.717, 1.165) is 5.69 Å². The number of fused-ring (bicyclic) bond motifs is 1. The smallest absolute Gasteiger partial charge is 0.129 e. The van der Waals surface area contributed by atoms with Gasteiger partial charge < -0.3 is 10.4 Å². The van der Waals surface area contributed by atoms with Crippen LogP contribution >= 0.6 is 0 Å². The summed E-state index contributed by atoms with van der Waals surface area (Å²) in [5, 5.41) is 12.2. The Hall–Kier alpha value is -1.25. The molecular weight excluding hydrogens is 157 g/mol. The van der Waals surface area contributed by atoms with Crippen molar-refractivity contribution in [2.45, 2.75) is 12.6 Å². The normalized spacial score (nSPS) is 21.2. The minimum atomic E-state index is -0.937. The molecule has 2 nitrogen and oxygen atoms in total. The van der Waals surface area contributed by atoms with E-state index >= 15 is 0 Å². The minimum Gasteiger partial charge on any atom is -0.508 e. The first-order valence-electron chi connectivity index (χ1n) is 3.98. The molecule has 1 aromatic rings. The molecule has 0 bridgehead atoms. The van der Waals surface area contributed by atoms with E-state index in [9.17, 15) is 4.39 Å². The molecule has 64 valence electrons. The molecule has 0 radical (unpaired) electrons. The van der Waals surface area contributed by atoms with E-state index in [4.69, 9.17) is 5.11 Å². The summed E-state index contributed by atoms with van der Waals surface area (Å²) in [6.45, 7) is 0.666. The zero-order valence-corrected chi connectivity index (χ0v) is 6.55. The number of rotatable bonds is 0. The largest absolute Gasteiger partial charge is 0.508 e. The lowest BCUT2D eigenvalue weighted by Gasteiger charge is -2.21. The van der Waals surface area contributed by atoms with Gasteiger partial charge in [0.25, 0.3) is 0 Å². The third-order valence-corrected chi connectivity index (χ3v) is 2.09. The van der Waals surface area contributed by atoms with Gasteiger partial charge in [-0.05, 0) is 18.2 Å². The summed E-state index contributed by atoms with van der Waals surface area (Å²) in [5.74, 6) is 0.125. The quantitative estimate of drug-likeness (QED) is 0.580. The number of benzene rings is 1. The fourth-order valence-electron chi connectivity index (χ4n) is 1.46. The van der Waals surface area contributed by atoms with E-state index in [1.807, 2.05) is 0 Å². The average Bonchev–Trinajstić information content (AvgIpc) is 2.07. The lowest BCUT2D eigenvalue weighted by atomic mass is 10.0. The van der Waals surface area contributed by atoms with Gasteiger partial charge in [0.15, 0.2) is 0 Å². The zero-order chi connectivity index (χ0) is 8.55. The van der Waals surface area contributed by atoms with Gasteiger partial charge in [-0.2, -0.15) is 0 Å². The van der Waals surface area contributed by atoms with Crippen LogP contribution in [0.25, 0.3) is 0 Å². The molecule has 1 atom stereocenters. The molecule has 1 aliphatic rings. The highest BCUT2D eigenvalue weighted by Gasteiger charge is 2.18. The van der Waals surface area contributed by atoms with Gasteiger partial charge in [-0.15, -0.1) is 0 Å². The van der Waals surface area contributed by atoms with Crippen LogP contribution < -0.4 is 5.32 Å². The molecule has 0 amide bonds. The monoisotopic (exact) mass is 167 g/mol. The summed E-state index contributed by atoms with van der Waals surface area (Å²) in [7, 11) is 0. The van der Waals surface area contributed by atoms with Crippen molar-refractivity contribution in [2.24, 2.45) is 0 Å². The number of phenols is 1. The molecule has 0 aliphatic carbocycles. The summed E-state index contributed by atoms with van der Waals surface area (Å²) in [6.07, 6.45) is -0.454. The maximum absolute atomic E-state index is 13.2. The topological polar surface area (TPSA) is 32.3 Å². The fraction of sp³-hybridized carbons (Fsp3) is 0.333. The number of aromatic hydroxyl groups is 1. The third kappa shape index (κ3) is 1.11. The molecule has 2 N–H and O–H groups in total. The Kier molecular flexibility index (Phi) is 1.64. The molecule has 2 rings (SSSR count). The Morgan fingerprint density at radius 1 is 1.50 bits per heavy atom. The van der Waals surface area contributed by atoms with Crippen molar-refractivity contribution >= 4 is 5.69 Å². The number of hydrogen-bond acceptors (Lipinski definition) is 2. The van der Waals surface area contributed by atoms with Gasteiger partial charge >= 0.3 is 0 Å². The Balaban J connectivity index is 2.47. The van der Waals surface area contributed by atoms with Crippen molar-refractivity contribution in [1.29, 1.82) is 0 Å². The molecule has 1 unspecified atom stereocenters. The first-order valence-corrected chi connectivity index (χ1v) is 3.98. The highest BCUT2D eigenvalue weighted by Crippen LogP contribution is 2.34. The SMILES string of the molecule is Oc1ccc2c(c1)C(F)CCN2. The maximum atomic E-state index is 13.2. The van der Waals surface area contributed by atoms with Crippen LogP contribution in [-0.2, 0) is 0 Å². The Morgan fingerprint density at radius 3 is 3.17 bits per heavy atom. The van der Waals surface area contributed by atoms with Crippen LogP contribution in [-0.4, -0.2) is 11.7 Å².